The van der Waals surface area contributed by atoms with Gasteiger partial charge in [0.1, 0.15) is 0 Å². The Morgan fingerprint density at radius 3 is 2.07 bits per heavy atom. The molecule has 0 saturated carbocycles. The first kappa shape index (κ1) is 9.59. The summed E-state index contributed by atoms with van der Waals surface area (Å²) in [5.41, 5.74) is 2.54. The van der Waals surface area contributed by atoms with E-state index in [0.717, 1.165) is 5.56 Å². The zero-order valence-electron chi connectivity index (χ0n) is 8.47. The maximum Gasteiger partial charge on any atom is 0.193 e. The molecule has 0 amide bonds. The van der Waals surface area contributed by atoms with E-state index in [1.807, 2.05) is 31.2 Å². The number of pyridine rings is 1. The summed E-state index contributed by atoms with van der Waals surface area (Å²) in [6.07, 6.45) is 3.25. The van der Waals surface area contributed by atoms with Crippen LogP contribution in [0.15, 0.2) is 48.8 Å². The molecule has 1 aromatic carbocycles. The molecule has 0 saturated heterocycles. The van der Waals surface area contributed by atoms with Gasteiger partial charge in [-0.3, -0.25) is 9.78 Å². The minimum atomic E-state index is 0.0393. The fourth-order valence-electron chi connectivity index (χ4n) is 1.37. The third-order valence-electron chi connectivity index (χ3n) is 2.26. The molecule has 0 aliphatic carbocycles. The predicted molar refractivity (Wildman–Crippen MR) is 58.8 cm³/mol. The van der Waals surface area contributed by atoms with Crippen LogP contribution in [-0.2, 0) is 0 Å². The molecular formula is C13H11NO. The molecule has 15 heavy (non-hydrogen) atoms. The third-order valence-corrected chi connectivity index (χ3v) is 2.26. The Morgan fingerprint density at radius 1 is 0.933 bits per heavy atom. The fraction of sp³-hybridized carbons (Fsp3) is 0.0769. The van der Waals surface area contributed by atoms with Crippen LogP contribution in [0, 0.1) is 6.92 Å². The molecule has 2 nitrogen and oxygen atoms in total. The Labute approximate surface area is 88.6 Å². The maximum absolute atomic E-state index is 11.9. The SMILES string of the molecule is Cc1ccc(C(=O)c2ccncc2)cc1. The molecule has 0 N–H and O–H groups in total. The molecule has 0 bridgehead atoms. The van der Waals surface area contributed by atoms with Crippen LogP contribution in [0.3, 0.4) is 0 Å². The number of carbonyl (C=O) groups excluding carboxylic acids is 1. The summed E-state index contributed by atoms with van der Waals surface area (Å²) >= 11 is 0. The first-order chi connectivity index (χ1) is 7.27. The first-order valence-corrected chi connectivity index (χ1v) is 4.79. The van der Waals surface area contributed by atoms with Crippen molar-refractivity contribution in [2.24, 2.45) is 0 Å². The number of hydrogen-bond acceptors (Lipinski definition) is 2. The van der Waals surface area contributed by atoms with Crippen molar-refractivity contribution in [1.82, 2.24) is 4.98 Å². The Kier molecular flexibility index (Phi) is 2.59. The van der Waals surface area contributed by atoms with Crippen LogP contribution in [-0.4, -0.2) is 10.8 Å². The van der Waals surface area contributed by atoms with E-state index >= 15 is 0 Å². The lowest BCUT2D eigenvalue weighted by molar-refractivity contribution is 0.103. The molecule has 74 valence electrons. The largest absolute Gasteiger partial charge is 0.289 e. The normalized spacial score (nSPS) is 9.93. The Morgan fingerprint density at radius 2 is 1.47 bits per heavy atom. The summed E-state index contributed by atoms with van der Waals surface area (Å²) < 4.78 is 0. The van der Waals surface area contributed by atoms with Gasteiger partial charge in [0.05, 0.1) is 0 Å². The highest BCUT2D eigenvalue weighted by molar-refractivity contribution is 6.08. The van der Waals surface area contributed by atoms with Crippen molar-refractivity contribution in [2.45, 2.75) is 6.92 Å². The summed E-state index contributed by atoms with van der Waals surface area (Å²) in [5, 5.41) is 0. The molecule has 1 heterocycles. The molecule has 0 radical (unpaired) electrons. The molecule has 0 aliphatic heterocycles. The highest BCUT2D eigenvalue weighted by Gasteiger charge is 2.07. The molecule has 2 heteroatoms. The van der Waals surface area contributed by atoms with Crippen molar-refractivity contribution in [3.05, 3.63) is 65.5 Å². The van der Waals surface area contributed by atoms with Crippen molar-refractivity contribution in [1.29, 1.82) is 0 Å². The van der Waals surface area contributed by atoms with Gasteiger partial charge in [0.15, 0.2) is 5.78 Å². The van der Waals surface area contributed by atoms with E-state index in [1.54, 1.807) is 24.5 Å². The van der Waals surface area contributed by atoms with Gasteiger partial charge in [-0.15, -0.1) is 0 Å². The zero-order chi connectivity index (χ0) is 10.7. The second-order valence-electron chi connectivity index (χ2n) is 3.43. The first-order valence-electron chi connectivity index (χ1n) is 4.79. The fourth-order valence-corrected chi connectivity index (χ4v) is 1.37. The number of carbonyl (C=O) groups is 1. The van der Waals surface area contributed by atoms with Gasteiger partial charge in [-0.1, -0.05) is 29.8 Å². The number of hydrogen-bond donors (Lipinski definition) is 0. The van der Waals surface area contributed by atoms with Gasteiger partial charge >= 0.3 is 0 Å². The minimum absolute atomic E-state index is 0.0393. The Balaban J connectivity index is 2.33. The molecule has 0 fully saturated rings. The second kappa shape index (κ2) is 4.05. The summed E-state index contributed by atoms with van der Waals surface area (Å²) in [4.78, 5) is 15.8. The minimum Gasteiger partial charge on any atom is -0.289 e. The van der Waals surface area contributed by atoms with Crippen molar-refractivity contribution >= 4 is 5.78 Å². The van der Waals surface area contributed by atoms with Gasteiger partial charge in [0.2, 0.25) is 0 Å². The number of benzene rings is 1. The van der Waals surface area contributed by atoms with Crippen LogP contribution in [0.2, 0.25) is 0 Å². The number of rotatable bonds is 2. The average molecular weight is 197 g/mol. The van der Waals surface area contributed by atoms with Crippen molar-refractivity contribution in [3.8, 4) is 0 Å². The van der Waals surface area contributed by atoms with Gasteiger partial charge in [-0.25, -0.2) is 0 Å². The number of ketones is 1. The van der Waals surface area contributed by atoms with Crippen LogP contribution < -0.4 is 0 Å². The molecule has 1 aromatic heterocycles. The Hall–Kier alpha value is -1.96. The smallest absolute Gasteiger partial charge is 0.193 e. The lowest BCUT2D eigenvalue weighted by Crippen LogP contribution is -2.00. The number of nitrogens with zero attached hydrogens (tertiary/aromatic N) is 1. The molecule has 2 aromatic rings. The lowest BCUT2D eigenvalue weighted by Gasteiger charge is -2.00. The number of aromatic nitrogens is 1. The molecule has 0 atom stereocenters. The molecule has 0 aliphatic rings. The topological polar surface area (TPSA) is 30.0 Å². The predicted octanol–water partition coefficient (Wildman–Crippen LogP) is 2.62. The average Bonchev–Trinajstić information content (AvgIpc) is 2.30. The van der Waals surface area contributed by atoms with Crippen LogP contribution in [0.5, 0.6) is 0 Å². The van der Waals surface area contributed by atoms with Gasteiger partial charge in [0, 0.05) is 23.5 Å². The van der Waals surface area contributed by atoms with Gasteiger partial charge in [0.25, 0.3) is 0 Å². The maximum atomic E-state index is 11.9. The highest BCUT2D eigenvalue weighted by Crippen LogP contribution is 2.09. The van der Waals surface area contributed by atoms with Gasteiger partial charge in [-0.05, 0) is 19.1 Å². The van der Waals surface area contributed by atoms with Crippen LogP contribution in [0.1, 0.15) is 21.5 Å². The van der Waals surface area contributed by atoms with Gasteiger partial charge in [-0.2, -0.15) is 0 Å². The number of aryl methyl sites for hydroxylation is 1. The lowest BCUT2D eigenvalue weighted by atomic mass is 10.0. The summed E-state index contributed by atoms with van der Waals surface area (Å²) in [6, 6.07) is 11.0. The summed E-state index contributed by atoms with van der Waals surface area (Å²) in [7, 11) is 0. The van der Waals surface area contributed by atoms with Crippen molar-refractivity contribution in [3.63, 3.8) is 0 Å². The van der Waals surface area contributed by atoms with Crippen LogP contribution in [0.25, 0.3) is 0 Å². The van der Waals surface area contributed by atoms with E-state index in [4.69, 9.17) is 0 Å². The monoisotopic (exact) mass is 197 g/mol. The highest BCUT2D eigenvalue weighted by atomic mass is 16.1. The van der Waals surface area contributed by atoms with E-state index in [9.17, 15) is 4.79 Å². The van der Waals surface area contributed by atoms with E-state index < -0.39 is 0 Å². The summed E-state index contributed by atoms with van der Waals surface area (Å²) in [5.74, 6) is 0.0393. The van der Waals surface area contributed by atoms with E-state index in [2.05, 4.69) is 4.98 Å². The molecule has 0 spiro atoms. The summed E-state index contributed by atoms with van der Waals surface area (Å²) in [6.45, 7) is 2.00. The molecule has 0 unspecified atom stereocenters. The van der Waals surface area contributed by atoms with Crippen LogP contribution >= 0.6 is 0 Å². The molecular weight excluding hydrogens is 186 g/mol. The van der Waals surface area contributed by atoms with Gasteiger partial charge < -0.3 is 0 Å². The molecule has 2 rings (SSSR count). The zero-order valence-corrected chi connectivity index (χ0v) is 8.47. The standard InChI is InChI=1S/C13H11NO/c1-10-2-4-11(5-3-10)13(15)12-6-8-14-9-7-12/h2-9H,1H3. The quantitative estimate of drug-likeness (QED) is 0.693. The Bertz CT molecular complexity index is 460. The van der Waals surface area contributed by atoms with Crippen molar-refractivity contribution in [2.75, 3.05) is 0 Å². The van der Waals surface area contributed by atoms with E-state index in [1.165, 1.54) is 0 Å². The van der Waals surface area contributed by atoms with E-state index in [-0.39, 0.29) is 5.78 Å². The van der Waals surface area contributed by atoms with Crippen LogP contribution in [0.4, 0.5) is 0 Å². The van der Waals surface area contributed by atoms with Crippen molar-refractivity contribution < 1.29 is 4.79 Å². The third kappa shape index (κ3) is 2.10. The van der Waals surface area contributed by atoms with E-state index in [0.29, 0.717) is 11.1 Å². The second-order valence-corrected chi connectivity index (χ2v) is 3.43.